The standard InChI is InChI=1S/C17H18ClN/c1-12(2)17(3,14-6-4-5-7-14)16(19)13-8-10-15(18)11-9-13/h4-6,8-12,19H,1-3H3/t17-/m1/s1. The Morgan fingerprint density at radius 2 is 1.89 bits per heavy atom. The van der Waals surface area contributed by atoms with Crippen LogP contribution >= 0.6 is 11.6 Å². The van der Waals surface area contributed by atoms with E-state index in [0.29, 0.717) is 16.7 Å². The zero-order chi connectivity index (χ0) is 14.0. The topological polar surface area (TPSA) is 23.9 Å². The summed E-state index contributed by atoms with van der Waals surface area (Å²) in [6.07, 6.45) is 5.93. The van der Waals surface area contributed by atoms with Crippen LogP contribution in [0.3, 0.4) is 0 Å². The van der Waals surface area contributed by atoms with Crippen LogP contribution in [0, 0.1) is 16.7 Å². The molecule has 0 unspecified atom stereocenters. The van der Waals surface area contributed by atoms with Crippen LogP contribution in [0.5, 0.6) is 0 Å². The van der Waals surface area contributed by atoms with Gasteiger partial charge < -0.3 is 5.41 Å². The van der Waals surface area contributed by atoms with Crippen LogP contribution < -0.4 is 0 Å². The smallest absolute Gasteiger partial charge is 0.0497 e. The Morgan fingerprint density at radius 1 is 1.26 bits per heavy atom. The minimum atomic E-state index is -0.336. The van der Waals surface area contributed by atoms with E-state index in [1.54, 1.807) is 0 Å². The second-order valence-corrected chi connectivity index (χ2v) is 5.76. The van der Waals surface area contributed by atoms with Gasteiger partial charge in [-0.2, -0.15) is 0 Å². The summed E-state index contributed by atoms with van der Waals surface area (Å²) in [5.41, 5.74) is 5.51. The molecule has 1 aliphatic carbocycles. The van der Waals surface area contributed by atoms with Gasteiger partial charge in [0.05, 0.1) is 0 Å². The molecule has 0 aromatic heterocycles. The first-order chi connectivity index (χ1) is 8.96. The largest absolute Gasteiger partial charge is 0.304 e. The minimum Gasteiger partial charge on any atom is -0.304 e. The van der Waals surface area contributed by atoms with Crippen molar-refractivity contribution in [2.24, 2.45) is 11.3 Å². The molecule has 0 radical (unpaired) electrons. The van der Waals surface area contributed by atoms with Crippen molar-refractivity contribution >= 4 is 17.3 Å². The maximum Gasteiger partial charge on any atom is 0.0497 e. The van der Waals surface area contributed by atoms with Gasteiger partial charge >= 0.3 is 0 Å². The molecular weight excluding hydrogens is 254 g/mol. The molecule has 1 aromatic rings. The van der Waals surface area contributed by atoms with E-state index in [1.165, 1.54) is 0 Å². The molecule has 0 saturated heterocycles. The summed E-state index contributed by atoms with van der Waals surface area (Å²) < 4.78 is 0. The number of hydrogen-bond donors (Lipinski definition) is 1. The summed E-state index contributed by atoms with van der Waals surface area (Å²) in [5.74, 6) is 0.314. The lowest BCUT2D eigenvalue weighted by Crippen LogP contribution is -2.34. The molecule has 0 spiro atoms. The van der Waals surface area contributed by atoms with Gasteiger partial charge in [0.25, 0.3) is 0 Å². The van der Waals surface area contributed by atoms with Crippen molar-refractivity contribution in [3.05, 3.63) is 64.4 Å². The van der Waals surface area contributed by atoms with Gasteiger partial charge in [-0.1, -0.05) is 43.7 Å². The van der Waals surface area contributed by atoms with E-state index < -0.39 is 0 Å². The van der Waals surface area contributed by atoms with Gasteiger partial charge in [-0.25, -0.2) is 0 Å². The van der Waals surface area contributed by atoms with Crippen LogP contribution in [0.1, 0.15) is 26.3 Å². The van der Waals surface area contributed by atoms with E-state index in [9.17, 15) is 0 Å². The fourth-order valence-corrected chi connectivity index (χ4v) is 2.43. The van der Waals surface area contributed by atoms with Gasteiger partial charge in [-0.3, -0.25) is 0 Å². The molecule has 0 heterocycles. The lowest BCUT2D eigenvalue weighted by molar-refractivity contribution is 0.398. The van der Waals surface area contributed by atoms with E-state index in [4.69, 9.17) is 17.0 Å². The minimum absolute atomic E-state index is 0.314. The zero-order valence-electron chi connectivity index (χ0n) is 11.5. The van der Waals surface area contributed by atoms with Crippen molar-refractivity contribution in [1.29, 1.82) is 5.41 Å². The number of hydrogen-bond acceptors (Lipinski definition) is 1. The predicted octanol–water partition coefficient (Wildman–Crippen LogP) is 5.02. The Bertz CT molecular complexity index is 586. The molecule has 1 aromatic carbocycles. The highest BCUT2D eigenvalue weighted by Crippen LogP contribution is 2.40. The van der Waals surface area contributed by atoms with Crippen LogP contribution in [0.25, 0.3) is 0 Å². The molecule has 1 nitrogen and oxygen atoms in total. The lowest BCUT2D eigenvalue weighted by Gasteiger charge is -2.34. The van der Waals surface area contributed by atoms with Crippen molar-refractivity contribution in [1.82, 2.24) is 0 Å². The van der Waals surface area contributed by atoms with Crippen LogP contribution in [0.15, 0.2) is 53.8 Å². The van der Waals surface area contributed by atoms with E-state index in [-0.39, 0.29) is 5.41 Å². The van der Waals surface area contributed by atoms with Crippen LogP contribution in [-0.2, 0) is 0 Å². The highest BCUT2D eigenvalue weighted by atomic mass is 35.5. The maximum absolute atomic E-state index is 8.60. The summed E-state index contributed by atoms with van der Waals surface area (Å²) in [6, 6.07) is 7.49. The van der Waals surface area contributed by atoms with Gasteiger partial charge in [0.2, 0.25) is 0 Å². The molecule has 0 fully saturated rings. The van der Waals surface area contributed by atoms with E-state index >= 15 is 0 Å². The molecule has 2 rings (SSSR count). The summed E-state index contributed by atoms with van der Waals surface area (Å²) >= 11 is 5.92. The molecule has 0 bridgehead atoms. The number of halogens is 1. The molecule has 0 amide bonds. The molecule has 1 N–H and O–H groups in total. The average molecular weight is 272 g/mol. The Hall–Kier alpha value is -1.56. The van der Waals surface area contributed by atoms with Gasteiger partial charge in [0.15, 0.2) is 0 Å². The van der Waals surface area contributed by atoms with Gasteiger partial charge in [-0.15, -0.1) is 5.73 Å². The number of benzene rings is 1. The monoisotopic (exact) mass is 271 g/mol. The third-order valence-electron chi connectivity index (χ3n) is 3.96. The van der Waals surface area contributed by atoms with Crippen molar-refractivity contribution in [3.8, 4) is 0 Å². The van der Waals surface area contributed by atoms with Gasteiger partial charge in [0, 0.05) is 21.7 Å². The van der Waals surface area contributed by atoms with Crippen molar-refractivity contribution in [2.45, 2.75) is 20.8 Å². The first kappa shape index (κ1) is 13.9. The Labute approximate surface area is 119 Å². The summed E-state index contributed by atoms with van der Waals surface area (Å²) in [6.45, 7) is 6.40. The van der Waals surface area contributed by atoms with Crippen LogP contribution in [0.2, 0.25) is 5.02 Å². The van der Waals surface area contributed by atoms with E-state index in [2.05, 4.69) is 26.5 Å². The Morgan fingerprint density at radius 3 is 2.37 bits per heavy atom. The zero-order valence-corrected chi connectivity index (χ0v) is 12.3. The molecule has 1 atom stereocenters. The third kappa shape index (κ3) is 2.45. The van der Waals surface area contributed by atoms with Crippen molar-refractivity contribution in [3.63, 3.8) is 0 Å². The highest BCUT2D eigenvalue weighted by molar-refractivity contribution is 6.30. The highest BCUT2D eigenvalue weighted by Gasteiger charge is 2.37. The van der Waals surface area contributed by atoms with Gasteiger partial charge in [-0.05, 0) is 42.7 Å². The third-order valence-corrected chi connectivity index (χ3v) is 4.22. The number of rotatable bonds is 4. The molecule has 1 aliphatic rings. The SMILES string of the molecule is CC(C)[C@@](C)(C(=N)c1ccc(Cl)cc1)C1=C=CC=C1. The number of allylic oxidation sites excluding steroid dienone is 3. The fraction of sp³-hybridized carbons (Fsp3) is 0.294. The second-order valence-electron chi connectivity index (χ2n) is 5.32. The predicted molar refractivity (Wildman–Crippen MR) is 82.0 cm³/mol. The quantitative estimate of drug-likeness (QED) is 0.587. The summed E-state index contributed by atoms with van der Waals surface area (Å²) in [4.78, 5) is 0. The first-order valence-corrected chi connectivity index (χ1v) is 6.83. The summed E-state index contributed by atoms with van der Waals surface area (Å²) in [7, 11) is 0. The molecule has 98 valence electrons. The van der Waals surface area contributed by atoms with Crippen LogP contribution in [0.4, 0.5) is 0 Å². The Balaban J connectivity index is 2.45. The molecule has 2 heteroatoms. The molecule has 0 saturated carbocycles. The number of nitrogens with one attached hydrogen (secondary N) is 1. The molecule has 19 heavy (non-hydrogen) atoms. The second kappa shape index (κ2) is 5.21. The fourth-order valence-electron chi connectivity index (χ4n) is 2.30. The van der Waals surface area contributed by atoms with Crippen molar-refractivity contribution in [2.75, 3.05) is 0 Å². The summed E-state index contributed by atoms with van der Waals surface area (Å²) in [5, 5.41) is 9.29. The maximum atomic E-state index is 8.60. The molecular formula is C17H18ClN. The normalized spacial score (nSPS) is 16.6. The van der Waals surface area contributed by atoms with Crippen molar-refractivity contribution < 1.29 is 0 Å². The average Bonchev–Trinajstić information content (AvgIpc) is 2.92. The first-order valence-electron chi connectivity index (χ1n) is 6.45. The van der Waals surface area contributed by atoms with E-state index in [0.717, 1.165) is 11.1 Å². The Kier molecular flexibility index (Phi) is 3.80. The van der Waals surface area contributed by atoms with Gasteiger partial charge in [0.1, 0.15) is 0 Å². The van der Waals surface area contributed by atoms with E-state index in [1.807, 2.05) is 42.5 Å². The van der Waals surface area contributed by atoms with Crippen LogP contribution in [-0.4, -0.2) is 5.71 Å². The lowest BCUT2D eigenvalue weighted by atomic mass is 9.68. The molecule has 0 aliphatic heterocycles.